The molecule has 2 aliphatic heterocycles. The Morgan fingerprint density at radius 2 is 1.76 bits per heavy atom. The van der Waals surface area contributed by atoms with Crippen molar-refractivity contribution in [2.45, 2.75) is 45.6 Å². The maximum absolute atomic E-state index is 13.1. The van der Waals surface area contributed by atoms with Crippen molar-refractivity contribution in [2.24, 2.45) is 5.92 Å². The molecule has 2 aromatic heterocycles. The van der Waals surface area contributed by atoms with Gasteiger partial charge in [-0.1, -0.05) is 12.1 Å². The third-order valence-electron chi connectivity index (χ3n) is 6.92. The molecule has 3 aromatic rings. The monoisotopic (exact) mass is 460 g/mol. The van der Waals surface area contributed by atoms with Crippen LogP contribution in [0.15, 0.2) is 48.8 Å². The SMILES string of the molecule is Cc1ccc2nc(COc3cccc(C(=O)N4CCC(C(=O)N5CCCCC5)CC4)c3)cn2c1. The minimum absolute atomic E-state index is 0.00229. The van der Waals surface area contributed by atoms with Gasteiger partial charge in [-0.05, 0) is 68.9 Å². The van der Waals surface area contributed by atoms with Gasteiger partial charge in [-0.15, -0.1) is 0 Å². The van der Waals surface area contributed by atoms with Gasteiger partial charge in [-0.3, -0.25) is 9.59 Å². The van der Waals surface area contributed by atoms with Crippen LogP contribution >= 0.6 is 0 Å². The molecule has 0 aliphatic carbocycles. The Morgan fingerprint density at radius 1 is 0.971 bits per heavy atom. The van der Waals surface area contributed by atoms with Gasteiger partial charge < -0.3 is 18.9 Å². The number of hydrogen-bond donors (Lipinski definition) is 0. The summed E-state index contributed by atoms with van der Waals surface area (Å²) in [6, 6.07) is 11.4. The second kappa shape index (κ2) is 9.87. The van der Waals surface area contributed by atoms with E-state index in [1.165, 1.54) is 12.0 Å². The Labute approximate surface area is 200 Å². The Hall–Kier alpha value is -3.35. The van der Waals surface area contributed by atoms with Crippen molar-refractivity contribution in [3.8, 4) is 5.75 Å². The van der Waals surface area contributed by atoms with Crippen molar-refractivity contribution in [1.82, 2.24) is 19.2 Å². The lowest BCUT2D eigenvalue weighted by Crippen LogP contribution is -2.45. The average molecular weight is 461 g/mol. The topological polar surface area (TPSA) is 67.2 Å². The number of fused-ring (bicyclic) bond motifs is 1. The van der Waals surface area contributed by atoms with E-state index in [4.69, 9.17) is 4.74 Å². The van der Waals surface area contributed by atoms with E-state index in [1.54, 1.807) is 6.07 Å². The number of carbonyl (C=O) groups excluding carboxylic acids is 2. The molecular formula is C27H32N4O3. The lowest BCUT2D eigenvalue weighted by Gasteiger charge is -2.35. The first-order chi connectivity index (χ1) is 16.6. The molecule has 2 aliphatic rings. The van der Waals surface area contributed by atoms with E-state index in [1.807, 2.05) is 63.8 Å². The van der Waals surface area contributed by atoms with Crippen LogP contribution in [0.25, 0.3) is 5.65 Å². The van der Waals surface area contributed by atoms with Crippen LogP contribution in [0.4, 0.5) is 0 Å². The molecule has 2 amide bonds. The maximum atomic E-state index is 13.1. The van der Waals surface area contributed by atoms with E-state index in [-0.39, 0.29) is 17.7 Å². The van der Waals surface area contributed by atoms with Gasteiger partial charge in [-0.25, -0.2) is 4.98 Å². The van der Waals surface area contributed by atoms with Gasteiger partial charge in [0.1, 0.15) is 18.0 Å². The molecule has 178 valence electrons. The Kier molecular flexibility index (Phi) is 6.52. The highest BCUT2D eigenvalue weighted by atomic mass is 16.5. The van der Waals surface area contributed by atoms with Gasteiger partial charge >= 0.3 is 0 Å². The highest BCUT2D eigenvalue weighted by Crippen LogP contribution is 2.24. The summed E-state index contributed by atoms with van der Waals surface area (Å²) < 4.78 is 7.94. The number of aromatic nitrogens is 2. The fourth-order valence-corrected chi connectivity index (χ4v) is 4.99. The average Bonchev–Trinajstić information content (AvgIpc) is 3.29. The number of piperidine rings is 2. The van der Waals surface area contributed by atoms with Gasteiger partial charge in [0.05, 0.1) is 5.69 Å². The fourth-order valence-electron chi connectivity index (χ4n) is 4.99. The number of likely N-dealkylation sites (tertiary alicyclic amines) is 2. The molecule has 0 N–H and O–H groups in total. The van der Waals surface area contributed by atoms with E-state index < -0.39 is 0 Å². The van der Waals surface area contributed by atoms with Gasteiger partial charge in [0.15, 0.2) is 0 Å². The number of imidazole rings is 1. The Morgan fingerprint density at radius 3 is 2.56 bits per heavy atom. The first kappa shape index (κ1) is 22.4. The van der Waals surface area contributed by atoms with Crippen LogP contribution in [0.1, 0.15) is 53.7 Å². The van der Waals surface area contributed by atoms with Gasteiger partial charge in [0, 0.05) is 50.1 Å². The molecule has 0 radical (unpaired) electrons. The molecule has 0 saturated carbocycles. The second-order valence-corrected chi connectivity index (χ2v) is 9.47. The smallest absolute Gasteiger partial charge is 0.253 e. The number of nitrogens with zero attached hydrogens (tertiary/aromatic N) is 4. The Balaban J connectivity index is 1.17. The molecule has 2 fully saturated rings. The quantitative estimate of drug-likeness (QED) is 0.575. The number of amides is 2. The van der Waals surface area contributed by atoms with Crippen molar-refractivity contribution in [3.63, 3.8) is 0 Å². The zero-order chi connectivity index (χ0) is 23.5. The minimum atomic E-state index is -0.00229. The normalized spacial score (nSPS) is 17.2. The highest BCUT2D eigenvalue weighted by molar-refractivity contribution is 5.94. The van der Waals surface area contributed by atoms with E-state index in [9.17, 15) is 9.59 Å². The third kappa shape index (κ3) is 4.93. The summed E-state index contributed by atoms with van der Waals surface area (Å²) in [4.78, 5) is 34.4. The van der Waals surface area contributed by atoms with E-state index >= 15 is 0 Å². The predicted molar refractivity (Wildman–Crippen MR) is 130 cm³/mol. The summed E-state index contributed by atoms with van der Waals surface area (Å²) in [5, 5.41) is 0. The van der Waals surface area contributed by atoms with Crippen LogP contribution in [-0.4, -0.2) is 57.2 Å². The van der Waals surface area contributed by atoms with Crippen molar-refractivity contribution in [3.05, 3.63) is 65.6 Å². The minimum Gasteiger partial charge on any atom is -0.487 e. The molecular weight excluding hydrogens is 428 g/mol. The fraction of sp³-hybridized carbons (Fsp3) is 0.444. The van der Waals surface area contributed by atoms with Crippen LogP contribution in [0.5, 0.6) is 5.75 Å². The maximum Gasteiger partial charge on any atom is 0.253 e. The van der Waals surface area contributed by atoms with Crippen LogP contribution in [0.3, 0.4) is 0 Å². The number of benzene rings is 1. The molecule has 0 unspecified atom stereocenters. The van der Waals surface area contributed by atoms with Crippen LogP contribution in [0.2, 0.25) is 0 Å². The molecule has 5 rings (SSSR count). The first-order valence-corrected chi connectivity index (χ1v) is 12.3. The first-order valence-electron chi connectivity index (χ1n) is 12.3. The van der Waals surface area contributed by atoms with Crippen molar-refractivity contribution in [1.29, 1.82) is 0 Å². The van der Waals surface area contributed by atoms with Crippen molar-refractivity contribution >= 4 is 17.5 Å². The van der Waals surface area contributed by atoms with Crippen LogP contribution in [0, 0.1) is 12.8 Å². The molecule has 0 atom stereocenters. The van der Waals surface area contributed by atoms with E-state index in [2.05, 4.69) is 4.98 Å². The molecule has 7 heteroatoms. The molecule has 0 spiro atoms. The zero-order valence-corrected chi connectivity index (χ0v) is 19.8. The summed E-state index contributed by atoms with van der Waals surface area (Å²) in [7, 11) is 0. The summed E-state index contributed by atoms with van der Waals surface area (Å²) in [5.41, 5.74) is 3.51. The summed E-state index contributed by atoms with van der Waals surface area (Å²) in [6.45, 7) is 5.40. The Bertz CT molecular complexity index is 1170. The predicted octanol–water partition coefficient (Wildman–Crippen LogP) is 4.09. The van der Waals surface area contributed by atoms with Gasteiger partial charge in [0.25, 0.3) is 5.91 Å². The van der Waals surface area contributed by atoms with Gasteiger partial charge in [0.2, 0.25) is 5.91 Å². The highest BCUT2D eigenvalue weighted by Gasteiger charge is 2.31. The van der Waals surface area contributed by atoms with Crippen LogP contribution in [-0.2, 0) is 11.4 Å². The van der Waals surface area contributed by atoms with E-state index in [0.717, 1.165) is 50.1 Å². The molecule has 1 aromatic carbocycles. The lowest BCUT2D eigenvalue weighted by atomic mass is 9.94. The molecule has 0 bridgehead atoms. The van der Waals surface area contributed by atoms with Crippen LogP contribution < -0.4 is 4.74 Å². The number of hydrogen-bond acceptors (Lipinski definition) is 4. The number of carbonyl (C=O) groups is 2. The molecule has 2 saturated heterocycles. The molecule has 34 heavy (non-hydrogen) atoms. The second-order valence-electron chi connectivity index (χ2n) is 9.47. The summed E-state index contributed by atoms with van der Waals surface area (Å²) in [6.07, 6.45) is 8.92. The van der Waals surface area contributed by atoms with Crippen molar-refractivity contribution < 1.29 is 14.3 Å². The summed E-state index contributed by atoms with van der Waals surface area (Å²) in [5.74, 6) is 0.974. The molecule has 7 nitrogen and oxygen atoms in total. The number of aryl methyl sites for hydroxylation is 1. The number of ether oxygens (including phenoxy) is 1. The molecule has 4 heterocycles. The summed E-state index contributed by atoms with van der Waals surface area (Å²) >= 11 is 0. The lowest BCUT2D eigenvalue weighted by molar-refractivity contribution is -0.137. The third-order valence-corrected chi connectivity index (χ3v) is 6.92. The largest absolute Gasteiger partial charge is 0.487 e. The number of pyridine rings is 1. The van der Waals surface area contributed by atoms with Crippen molar-refractivity contribution in [2.75, 3.05) is 26.2 Å². The van der Waals surface area contributed by atoms with E-state index in [0.29, 0.717) is 31.0 Å². The zero-order valence-electron chi connectivity index (χ0n) is 19.8. The standard InChI is InChI=1S/C27H32N4O3/c1-20-8-9-25-28-23(18-31(25)17-20)19-34-24-7-5-6-22(16-24)27(33)30-14-10-21(11-15-30)26(32)29-12-3-2-4-13-29/h5-9,16-18,21H,2-4,10-15,19H2,1H3. The van der Waals surface area contributed by atoms with Gasteiger partial charge in [-0.2, -0.15) is 0 Å². The number of rotatable bonds is 5.